The molecule has 7 nitrogen and oxygen atoms in total. The number of nitrogens with zero attached hydrogens (tertiary/aromatic N) is 1. The molecule has 0 amide bonds. The molecule has 0 bridgehead atoms. The van der Waals surface area contributed by atoms with Crippen molar-refractivity contribution < 1.29 is 24.2 Å². The molecule has 1 aliphatic rings. The lowest BCUT2D eigenvalue weighted by Crippen LogP contribution is -2.42. The lowest BCUT2D eigenvalue weighted by atomic mass is 10.2. The van der Waals surface area contributed by atoms with Gasteiger partial charge in [-0.25, -0.2) is 5.48 Å². The van der Waals surface area contributed by atoms with Gasteiger partial charge in [0.25, 0.3) is 0 Å². The maximum atomic E-state index is 9.98. The van der Waals surface area contributed by atoms with E-state index >= 15 is 0 Å². The topological polar surface area (TPSA) is 72.4 Å². The van der Waals surface area contributed by atoms with E-state index in [1.807, 2.05) is 12.1 Å². The Bertz CT molecular complexity index is 628. The van der Waals surface area contributed by atoms with Crippen molar-refractivity contribution in [2.24, 2.45) is 0 Å². The van der Waals surface area contributed by atoms with Gasteiger partial charge in [-0.15, -0.1) is 0 Å². The monoisotopic (exact) mass is 384 g/mol. The van der Waals surface area contributed by atoms with Crippen LogP contribution in [0.2, 0.25) is 0 Å². The van der Waals surface area contributed by atoms with Crippen LogP contribution in [0.25, 0.3) is 6.08 Å². The van der Waals surface area contributed by atoms with Gasteiger partial charge in [-0.3, -0.25) is 9.74 Å². The van der Waals surface area contributed by atoms with Crippen LogP contribution in [0, 0.1) is 0 Å². The zero-order valence-corrected chi connectivity index (χ0v) is 15.8. The molecule has 144 valence electrons. The number of hydroxylamine groups is 1. The number of aliphatic hydroxyl groups is 1. The molecule has 1 saturated heterocycles. The zero-order valence-electron chi connectivity index (χ0n) is 15.0. The third kappa shape index (κ3) is 6.88. The molecular weight excluding hydrogens is 360 g/mol. The summed E-state index contributed by atoms with van der Waals surface area (Å²) in [7, 11) is 3.16. The Hall–Kier alpha value is -1.73. The summed E-state index contributed by atoms with van der Waals surface area (Å²) in [5.41, 5.74) is 6.25. The van der Waals surface area contributed by atoms with Crippen LogP contribution in [-0.2, 0) is 9.57 Å². The molecule has 2 rings (SSSR count). The highest BCUT2D eigenvalue weighted by Gasteiger charge is 2.15. The minimum absolute atomic E-state index is 0.117. The third-order valence-corrected chi connectivity index (χ3v) is 3.97. The van der Waals surface area contributed by atoms with E-state index in [0.29, 0.717) is 31.3 Å². The Labute approximate surface area is 158 Å². The summed E-state index contributed by atoms with van der Waals surface area (Å²) in [4.78, 5) is 7.35. The van der Waals surface area contributed by atoms with E-state index in [9.17, 15) is 5.11 Å². The van der Waals surface area contributed by atoms with Gasteiger partial charge in [-0.05, 0) is 23.8 Å². The average molecular weight is 385 g/mol. The number of β-amino-alcohol motifs (C(OH)–C–C–N with tert-alkyl or cyclic N) is 1. The molecule has 0 aromatic heterocycles. The van der Waals surface area contributed by atoms with Crippen molar-refractivity contribution in [1.29, 1.82) is 0 Å². The molecule has 1 fully saturated rings. The maximum absolute atomic E-state index is 9.98. The second-order valence-corrected chi connectivity index (χ2v) is 6.07. The summed E-state index contributed by atoms with van der Waals surface area (Å²) in [5, 5.41) is 10.2. The second kappa shape index (κ2) is 11.1. The Kier molecular flexibility index (Phi) is 8.77. The Morgan fingerprint density at radius 3 is 2.77 bits per heavy atom. The molecule has 1 unspecified atom stereocenters. The zero-order chi connectivity index (χ0) is 18.8. The van der Waals surface area contributed by atoms with Gasteiger partial charge < -0.3 is 19.3 Å². The van der Waals surface area contributed by atoms with Gasteiger partial charge in [-0.2, -0.15) is 0 Å². The van der Waals surface area contributed by atoms with Crippen LogP contribution in [0.5, 0.6) is 11.5 Å². The fraction of sp³-hybridized carbons (Fsp3) is 0.500. The van der Waals surface area contributed by atoms with Crippen molar-refractivity contribution in [3.05, 3.63) is 34.6 Å². The SMILES string of the molecule is COc1ccc(C=C=C(Cl)NOCC(O)CN2CCOCC2)cc1OC. The Morgan fingerprint density at radius 2 is 2.08 bits per heavy atom. The lowest BCUT2D eigenvalue weighted by Gasteiger charge is -2.28. The van der Waals surface area contributed by atoms with Crippen molar-refractivity contribution in [3.8, 4) is 11.5 Å². The van der Waals surface area contributed by atoms with Crippen molar-refractivity contribution in [2.75, 3.05) is 53.7 Å². The third-order valence-electron chi connectivity index (χ3n) is 3.78. The number of benzene rings is 1. The highest BCUT2D eigenvalue weighted by atomic mass is 35.5. The van der Waals surface area contributed by atoms with Gasteiger partial charge in [0.2, 0.25) is 0 Å². The summed E-state index contributed by atoms with van der Waals surface area (Å²) < 4.78 is 15.7. The highest BCUT2D eigenvalue weighted by Crippen LogP contribution is 2.27. The molecule has 1 heterocycles. The van der Waals surface area contributed by atoms with Crippen LogP contribution in [0.15, 0.2) is 29.1 Å². The van der Waals surface area contributed by atoms with Gasteiger partial charge in [0.1, 0.15) is 6.61 Å². The molecule has 0 saturated carbocycles. The minimum Gasteiger partial charge on any atom is -0.493 e. The van der Waals surface area contributed by atoms with Gasteiger partial charge in [0, 0.05) is 19.6 Å². The van der Waals surface area contributed by atoms with Crippen LogP contribution in [0.4, 0.5) is 0 Å². The first-order chi connectivity index (χ1) is 12.6. The normalized spacial score (nSPS) is 15.7. The van der Waals surface area contributed by atoms with Crippen molar-refractivity contribution in [3.63, 3.8) is 0 Å². The Balaban J connectivity index is 1.79. The number of hydrogen-bond donors (Lipinski definition) is 2. The fourth-order valence-corrected chi connectivity index (χ4v) is 2.56. The smallest absolute Gasteiger partial charge is 0.169 e. The first-order valence-corrected chi connectivity index (χ1v) is 8.70. The fourth-order valence-electron chi connectivity index (χ4n) is 2.45. The van der Waals surface area contributed by atoms with Gasteiger partial charge in [0.05, 0.1) is 33.5 Å². The van der Waals surface area contributed by atoms with E-state index in [4.69, 9.17) is 30.6 Å². The molecule has 0 radical (unpaired) electrons. The van der Waals surface area contributed by atoms with E-state index < -0.39 is 6.10 Å². The van der Waals surface area contributed by atoms with E-state index in [0.717, 1.165) is 18.7 Å². The molecule has 1 aromatic carbocycles. The van der Waals surface area contributed by atoms with Crippen molar-refractivity contribution in [1.82, 2.24) is 10.4 Å². The van der Waals surface area contributed by atoms with Crippen molar-refractivity contribution in [2.45, 2.75) is 6.10 Å². The number of aliphatic hydroxyl groups excluding tert-OH is 1. The maximum Gasteiger partial charge on any atom is 0.169 e. The summed E-state index contributed by atoms with van der Waals surface area (Å²) in [6.45, 7) is 3.68. The number of morpholine rings is 1. The number of nitrogens with one attached hydrogen (secondary N) is 1. The molecule has 0 aliphatic carbocycles. The predicted octanol–water partition coefficient (Wildman–Crippen LogP) is 1.61. The van der Waals surface area contributed by atoms with Gasteiger partial charge in [0.15, 0.2) is 16.7 Å². The van der Waals surface area contributed by atoms with E-state index in [1.165, 1.54) is 0 Å². The van der Waals surface area contributed by atoms with Crippen LogP contribution < -0.4 is 15.0 Å². The summed E-state index contributed by atoms with van der Waals surface area (Å²) in [5.74, 6) is 1.27. The van der Waals surface area contributed by atoms with E-state index in [1.54, 1.807) is 26.4 Å². The van der Waals surface area contributed by atoms with Crippen LogP contribution in [-0.4, -0.2) is 69.8 Å². The lowest BCUT2D eigenvalue weighted by molar-refractivity contribution is -0.0327. The van der Waals surface area contributed by atoms with Crippen molar-refractivity contribution >= 4 is 17.7 Å². The quantitative estimate of drug-likeness (QED) is 0.380. The number of methoxy groups -OCH3 is 2. The number of rotatable bonds is 9. The van der Waals surface area contributed by atoms with E-state index in [2.05, 4.69) is 16.1 Å². The van der Waals surface area contributed by atoms with Crippen LogP contribution >= 0.6 is 11.6 Å². The molecule has 8 heteroatoms. The first-order valence-electron chi connectivity index (χ1n) is 8.32. The molecular formula is C18H25ClN2O5. The van der Waals surface area contributed by atoms with Gasteiger partial charge >= 0.3 is 0 Å². The average Bonchev–Trinajstić information content (AvgIpc) is 2.66. The number of ether oxygens (including phenoxy) is 3. The first kappa shape index (κ1) is 20.6. The summed E-state index contributed by atoms with van der Waals surface area (Å²) in [6, 6.07) is 5.46. The summed E-state index contributed by atoms with van der Waals surface area (Å²) in [6.07, 6.45) is 1.07. The second-order valence-electron chi connectivity index (χ2n) is 5.70. The minimum atomic E-state index is -0.611. The molecule has 0 spiro atoms. The largest absolute Gasteiger partial charge is 0.493 e. The van der Waals surface area contributed by atoms with E-state index in [-0.39, 0.29) is 11.8 Å². The predicted molar refractivity (Wildman–Crippen MR) is 99.2 cm³/mol. The Morgan fingerprint density at radius 1 is 1.35 bits per heavy atom. The number of hydrogen-bond acceptors (Lipinski definition) is 7. The molecule has 2 N–H and O–H groups in total. The van der Waals surface area contributed by atoms with Gasteiger partial charge in [-0.1, -0.05) is 23.4 Å². The standard InChI is InChI=1S/C18H25ClN2O5/c1-23-16-5-3-14(11-17(16)24-2)4-6-18(19)20-26-13-15(22)12-21-7-9-25-10-8-21/h3-5,11,15,20,22H,7-10,12-13H2,1-2H3. The number of halogens is 1. The molecule has 1 atom stereocenters. The van der Waals surface area contributed by atoms with Crippen LogP contribution in [0.1, 0.15) is 5.56 Å². The molecule has 1 aromatic rings. The van der Waals surface area contributed by atoms with Crippen LogP contribution in [0.3, 0.4) is 0 Å². The highest BCUT2D eigenvalue weighted by molar-refractivity contribution is 6.29. The summed E-state index contributed by atoms with van der Waals surface area (Å²) >= 11 is 6.01. The molecule has 1 aliphatic heterocycles. The molecule has 26 heavy (non-hydrogen) atoms.